The first-order chi connectivity index (χ1) is 16.3. The summed E-state index contributed by atoms with van der Waals surface area (Å²) >= 11 is 0. The Morgan fingerprint density at radius 1 is 0.971 bits per heavy atom. The van der Waals surface area contributed by atoms with Crippen LogP contribution in [0, 0.1) is 6.92 Å². The van der Waals surface area contributed by atoms with Crippen LogP contribution in [-0.2, 0) is 9.53 Å². The van der Waals surface area contributed by atoms with Crippen LogP contribution < -0.4 is 10.6 Å². The monoisotopic (exact) mass is 458 g/mol. The number of hydrogen-bond donors (Lipinski definition) is 3. The van der Waals surface area contributed by atoms with E-state index in [9.17, 15) is 14.4 Å². The zero-order chi connectivity index (χ0) is 24.2. The average Bonchev–Trinajstić information content (AvgIpc) is 3.12. The Hall–Kier alpha value is -4.13. The largest absolute Gasteiger partial charge is 0.478 e. The van der Waals surface area contributed by atoms with Gasteiger partial charge in [0.15, 0.2) is 0 Å². The highest BCUT2D eigenvalue weighted by Gasteiger charge is 2.29. The third-order valence-electron chi connectivity index (χ3n) is 5.96. The molecule has 0 fully saturated rings. The zero-order valence-electron chi connectivity index (χ0n) is 19.0. The normalized spacial score (nSPS) is 12.9. The summed E-state index contributed by atoms with van der Waals surface area (Å²) in [5.74, 6) is -1.45. The molecule has 1 aliphatic carbocycles. The summed E-state index contributed by atoms with van der Waals surface area (Å²) < 4.78 is 5.52. The lowest BCUT2D eigenvalue weighted by Crippen LogP contribution is -2.36. The van der Waals surface area contributed by atoms with Gasteiger partial charge < -0.3 is 20.5 Å². The van der Waals surface area contributed by atoms with E-state index < -0.39 is 18.1 Å². The molecule has 0 heterocycles. The van der Waals surface area contributed by atoms with Gasteiger partial charge in [-0.15, -0.1) is 0 Å². The zero-order valence-corrected chi connectivity index (χ0v) is 19.0. The highest BCUT2D eigenvalue weighted by Crippen LogP contribution is 2.44. The fraction of sp³-hybridized carbons (Fsp3) is 0.222. The van der Waals surface area contributed by atoms with E-state index in [1.54, 1.807) is 19.9 Å². The molecule has 4 rings (SSSR count). The summed E-state index contributed by atoms with van der Waals surface area (Å²) in [6.07, 6.45) is -0.577. The molecule has 3 aromatic rings. The number of fused-ring (bicyclic) bond motifs is 3. The minimum Gasteiger partial charge on any atom is -0.478 e. The van der Waals surface area contributed by atoms with Gasteiger partial charge in [-0.3, -0.25) is 4.79 Å². The van der Waals surface area contributed by atoms with Gasteiger partial charge in [0.2, 0.25) is 5.91 Å². The average molecular weight is 459 g/mol. The Morgan fingerprint density at radius 3 is 2.21 bits per heavy atom. The van der Waals surface area contributed by atoms with Crippen molar-refractivity contribution in [2.24, 2.45) is 0 Å². The van der Waals surface area contributed by atoms with E-state index in [1.165, 1.54) is 12.1 Å². The molecule has 0 saturated carbocycles. The quantitative estimate of drug-likeness (QED) is 0.465. The van der Waals surface area contributed by atoms with Crippen molar-refractivity contribution in [3.63, 3.8) is 0 Å². The predicted octanol–water partition coefficient (Wildman–Crippen LogP) is 4.95. The number of nitrogens with one attached hydrogen (secondary N) is 2. The molecule has 0 bridgehead atoms. The molecule has 0 saturated heterocycles. The van der Waals surface area contributed by atoms with E-state index >= 15 is 0 Å². The van der Waals surface area contributed by atoms with Gasteiger partial charge in [0, 0.05) is 24.1 Å². The number of aromatic carboxylic acids is 1. The van der Waals surface area contributed by atoms with Crippen molar-refractivity contribution < 1.29 is 24.2 Å². The predicted molar refractivity (Wildman–Crippen MR) is 129 cm³/mol. The fourth-order valence-corrected chi connectivity index (χ4v) is 4.26. The number of hydrogen-bond acceptors (Lipinski definition) is 4. The van der Waals surface area contributed by atoms with E-state index in [0.717, 1.165) is 27.8 Å². The van der Waals surface area contributed by atoms with Crippen molar-refractivity contribution in [3.05, 3.63) is 89.0 Å². The number of benzene rings is 3. The topological polar surface area (TPSA) is 105 Å². The summed E-state index contributed by atoms with van der Waals surface area (Å²) in [7, 11) is 0. The molecule has 1 aliphatic rings. The van der Waals surface area contributed by atoms with E-state index in [2.05, 4.69) is 34.9 Å². The number of anilines is 1. The summed E-state index contributed by atoms with van der Waals surface area (Å²) in [4.78, 5) is 36.0. The van der Waals surface area contributed by atoms with Crippen LogP contribution in [0.25, 0.3) is 11.1 Å². The second-order valence-corrected chi connectivity index (χ2v) is 8.46. The number of carbonyl (C=O) groups excluding carboxylic acids is 2. The smallest absolute Gasteiger partial charge is 0.407 e. The van der Waals surface area contributed by atoms with E-state index in [0.29, 0.717) is 5.69 Å². The number of alkyl carbamates (subject to hydrolysis) is 1. The summed E-state index contributed by atoms with van der Waals surface area (Å²) in [6.45, 7) is 3.68. The molecule has 3 N–H and O–H groups in total. The summed E-state index contributed by atoms with van der Waals surface area (Å²) in [5, 5.41) is 14.6. The van der Waals surface area contributed by atoms with Crippen LogP contribution in [0.4, 0.5) is 10.5 Å². The third-order valence-corrected chi connectivity index (χ3v) is 5.96. The minimum atomic E-state index is -1.07. The molecular formula is C27H26N2O5. The molecule has 1 unspecified atom stereocenters. The molecule has 1 atom stereocenters. The lowest BCUT2D eigenvalue weighted by Gasteiger charge is -2.17. The summed E-state index contributed by atoms with van der Waals surface area (Å²) in [5.41, 5.74) is 5.82. The fourth-order valence-electron chi connectivity index (χ4n) is 4.26. The van der Waals surface area contributed by atoms with Crippen LogP contribution >= 0.6 is 0 Å². The highest BCUT2D eigenvalue weighted by molar-refractivity contribution is 5.95. The minimum absolute atomic E-state index is 0.0148. The maximum Gasteiger partial charge on any atom is 0.407 e. The second kappa shape index (κ2) is 9.79. The number of aryl methyl sites for hydroxylation is 1. The Balaban J connectivity index is 1.31. The SMILES string of the molecule is Cc1ccc(C(=O)O)cc1NC(=O)CC(C)NC(=O)OCC1c2ccccc2-c2ccccc21. The van der Waals surface area contributed by atoms with Gasteiger partial charge in [0.25, 0.3) is 0 Å². The second-order valence-electron chi connectivity index (χ2n) is 8.46. The van der Waals surface area contributed by atoms with Crippen LogP contribution in [0.1, 0.15) is 46.3 Å². The van der Waals surface area contributed by atoms with Crippen molar-refractivity contribution in [2.75, 3.05) is 11.9 Å². The lowest BCUT2D eigenvalue weighted by atomic mass is 9.98. The Bertz CT molecular complexity index is 1210. The molecule has 2 amide bonds. The van der Waals surface area contributed by atoms with Crippen molar-refractivity contribution in [2.45, 2.75) is 32.2 Å². The Labute approximate surface area is 197 Å². The molecule has 7 nitrogen and oxygen atoms in total. The molecule has 0 aromatic heterocycles. The first-order valence-corrected chi connectivity index (χ1v) is 11.1. The molecule has 0 radical (unpaired) electrons. The third kappa shape index (κ3) is 4.93. The maximum atomic E-state index is 12.4. The van der Waals surface area contributed by atoms with Crippen LogP contribution in [0.2, 0.25) is 0 Å². The van der Waals surface area contributed by atoms with Gasteiger partial charge in [0.05, 0.1) is 5.56 Å². The Morgan fingerprint density at radius 2 is 1.59 bits per heavy atom. The van der Waals surface area contributed by atoms with Crippen LogP contribution in [-0.4, -0.2) is 35.7 Å². The van der Waals surface area contributed by atoms with Crippen molar-refractivity contribution >= 4 is 23.7 Å². The summed E-state index contributed by atoms with van der Waals surface area (Å²) in [6, 6.07) is 20.3. The van der Waals surface area contributed by atoms with Gasteiger partial charge >= 0.3 is 12.1 Å². The van der Waals surface area contributed by atoms with Crippen LogP contribution in [0.5, 0.6) is 0 Å². The highest BCUT2D eigenvalue weighted by atomic mass is 16.5. The number of rotatable bonds is 7. The van der Waals surface area contributed by atoms with Crippen molar-refractivity contribution in [1.82, 2.24) is 5.32 Å². The van der Waals surface area contributed by atoms with Crippen molar-refractivity contribution in [1.29, 1.82) is 0 Å². The molecule has 174 valence electrons. The van der Waals surface area contributed by atoms with Gasteiger partial charge in [0.1, 0.15) is 6.61 Å². The first-order valence-electron chi connectivity index (χ1n) is 11.1. The van der Waals surface area contributed by atoms with Crippen LogP contribution in [0.3, 0.4) is 0 Å². The molecule has 0 aliphatic heterocycles. The van der Waals surface area contributed by atoms with Gasteiger partial charge in [-0.25, -0.2) is 9.59 Å². The number of amides is 2. The number of ether oxygens (including phenoxy) is 1. The molecule has 0 spiro atoms. The molecule has 3 aromatic carbocycles. The van der Waals surface area contributed by atoms with Gasteiger partial charge in [-0.2, -0.15) is 0 Å². The maximum absolute atomic E-state index is 12.4. The number of carboxylic acid groups (broad SMARTS) is 1. The molecule has 7 heteroatoms. The number of carboxylic acids is 1. The Kier molecular flexibility index (Phi) is 6.63. The van der Waals surface area contributed by atoms with Gasteiger partial charge in [-0.05, 0) is 53.8 Å². The lowest BCUT2D eigenvalue weighted by molar-refractivity contribution is -0.116. The van der Waals surface area contributed by atoms with E-state index in [4.69, 9.17) is 9.84 Å². The number of carbonyl (C=O) groups is 3. The van der Waals surface area contributed by atoms with Gasteiger partial charge in [-0.1, -0.05) is 54.6 Å². The van der Waals surface area contributed by atoms with E-state index in [-0.39, 0.29) is 30.4 Å². The standard InChI is InChI=1S/C27H26N2O5/c1-16-11-12-18(26(31)32)14-24(16)29-25(30)13-17(2)28-27(33)34-15-23-21-9-5-3-7-19(21)20-8-4-6-10-22(20)23/h3-12,14,17,23H,13,15H2,1-2H3,(H,28,33)(H,29,30)(H,31,32). The molecular weight excluding hydrogens is 432 g/mol. The molecule has 34 heavy (non-hydrogen) atoms. The van der Waals surface area contributed by atoms with E-state index in [1.807, 2.05) is 24.3 Å². The van der Waals surface area contributed by atoms with Crippen LogP contribution in [0.15, 0.2) is 66.7 Å². The first kappa shape index (κ1) is 23.0. The van der Waals surface area contributed by atoms with Crippen molar-refractivity contribution in [3.8, 4) is 11.1 Å².